The van der Waals surface area contributed by atoms with Crippen molar-refractivity contribution in [3.63, 3.8) is 0 Å². The lowest BCUT2D eigenvalue weighted by Gasteiger charge is -2.23. The van der Waals surface area contributed by atoms with Crippen molar-refractivity contribution in [2.45, 2.75) is 52.0 Å². The van der Waals surface area contributed by atoms with Gasteiger partial charge in [-0.2, -0.15) is 0 Å². The first kappa shape index (κ1) is 16.4. The zero-order valence-corrected chi connectivity index (χ0v) is 14.7. The maximum Gasteiger partial charge on any atom is 0.274 e. The third-order valence-electron chi connectivity index (χ3n) is 3.98. The number of para-hydroxylation sites is 1. The van der Waals surface area contributed by atoms with Gasteiger partial charge in [0.1, 0.15) is 5.69 Å². The molecule has 1 aliphatic rings. The molecular formula is C19H24N4O. The number of carbonyl (C=O) groups excluding carboxylic acids is 1. The van der Waals surface area contributed by atoms with Gasteiger partial charge in [-0.05, 0) is 42.9 Å². The summed E-state index contributed by atoms with van der Waals surface area (Å²) in [7, 11) is 0. The molecule has 0 radical (unpaired) electrons. The summed E-state index contributed by atoms with van der Waals surface area (Å²) in [5, 5.41) is 6.25. The molecule has 0 aliphatic heterocycles. The lowest BCUT2D eigenvalue weighted by atomic mass is 9.86. The molecule has 1 aromatic carbocycles. The molecule has 5 nitrogen and oxygen atoms in total. The second-order valence-corrected chi connectivity index (χ2v) is 7.39. The van der Waals surface area contributed by atoms with E-state index >= 15 is 0 Å². The summed E-state index contributed by atoms with van der Waals surface area (Å²) in [5.74, 6) is 0.322. The molecule has 0 saturated heterocycles. The van der Waals surface area contributed by atoms with E-state index in [1.165, 1.54) is 0 Å². The normalized spacial score (nSPS) is 14.3. The van der Waals surface area contributed by atoms with Gasteiger partial charge in [0.05, 0.1) is 0 Å². The van der Waals surface area contributed by atoms with Crippen LogP contribution in [0, 0.1) is 6.92 Å². The smallest absolute Gasteiger partial charge is 0.274 e. The highest BCUT2D eigenvalue weighted by molar-refractivity contribution is 6.03. The number of carbonyl (C=O) groups is 1. The summed E-state index contributed by atoms with van der Waals surface area (Å²) in [6.45, 7) is 8.26. The molecule has 5 heteroatoms. The van der Waals surface area contributed by atoms with E-state index in [-0.39, 0.29) is 11.3 Å². The van der Waals surface area contributed by atoms with Crippen molar-refractivity contribution >= 4 is 17.5 Å². The van der Waals surface area contributed by atoms with Crippen molar-refractivity contribution in [1.82, 2.24) is 9.97 Å². The zero-order chi connectivity index (χ0) is 17.3. The first-order valence-electron chi connectivity index (χ1n) is 8.36. The minimum absolute atomic E-state index is 0.0514. The summed E-state index contributed by atoms with van der Waals surface area (Å²) >= 11 is 0. The topological polar surface area (TPSA) is 66.9 Å². The van der Waals surface area contributed by atoms with E-state index in [1.54, 1.807) is 6.07 Å². The van der Waals surface area contributed by atoms with E-state index in [1.807, 2.05) is 31.2 Å². The van der Waals surface area contributed by atoms with Crippen LogP contribution in [0.25, 0.3) is 0 Å². The third kappa shape index (κ3) is 3.91. The minimum Gasteiger partial charge on any atom is -0.351 e. The molecule has 2 N–H and O–H groups in total. The largest absolute Gasteiger partial charge is 0.351 e. The van der Waals surface area contributed by atoms with Crippen LogP contribution in [-0.2, 0) is 5.41 Å². The Morgan fingerprint density at radius 1 is 1.17 bits per heavy atom. The Bertz CT molecular complexity index is 760. The lowest BCUT2D eigenvalue weighted by molar-refractivity contribution is 0.102. The van der Waals surface area contributed by atoms with Crippen LogP contribution in [0.1, 0.15) is 55.4 Å². The number of aromatic nitrogens is 2. The Hall–Kier alpha value is -2.43. The number of benzene rings is 1. The Morgan fingerprint density at radius 2 is 1.88 bits per heavy atom. The van der Waals surface area contributed by atoms with E-state index in [4.69, 9.17) is 0 Å². The van der Waals surface area contributed by atoms with E-state index in [9.17, 15) is 4.79 Å². The Balaban J connectivity index is 1.84. The lowest BCUT2D eigenvalue weighted by Crippen LogP contribution is -2.20. The van der Waals surface area contributed by atoms with Gasteiger partial charge in [0, 0.05) is 17.4 Å². The Labute approximate surface area is 142 Å². The predicted molar refractivity (Wildman–Crippen MR) is 96.5 cm³/mol. The maximum absolute atomic E-state index is 12.7. The van der Waals surface area contributed by atoms with E-state index < -0.39 is 0 Å². The highest BCUT2D eigenvalue weighted by atomic mass is 16.1. The van der Waals surface area contributed by atoms with Gasteiger partial charge < -0.3 is 10.6 Å². The molecule has 2 aromatic rings. The highest BCUT2D eigenvalue weighted by Gasteiger charge is 2.23. The minimum atomic E-state index is -0.212. The quantitative estimate of drug-likeness (QED) is 0.895. The number of amides is 1. The average molecular weight is 324 g/mol. The predicted octanol–water partition coefficient (Wildman–Crippen LogP) is 3.91. The van der Waals surface area contributed by atoms with Crippen molar-refractivity contribution in [2.75, 3.05) is 10.6 Å². The SMILES string of the molecule is Cc1cc(C(=O)Nc2ccccc2C(C)(C)C)nc(NC2CC2)n1. The summed E-state index contributed by atoms with van der Waals surface area (Å²) in [4.78, 5) is 21.4. The monoisotopic (exact) mass is 324 g/mol. The number of anilines is 2. The van der Waals surface area contributed by atoms with Crippen molar-refractivity contribution in [3.05, 3.63) is 47.3 Å². The van der Waals surface area contributed by atoms with Crippen molar-refractivity contribution < 1.29 is 4.79 Å². The van der Waals surface area contributed by atoms with Crippen LogP contribution < -0.4 is 10.6 Å². The maximum atomic E-state index is 12.7. The van der Waals surface area contributed by atoms with E-state index in [0.29, 0.717) is 17.7 Å². The zero-order valence-electron chi connectivity index (χ0n) is 14.7. The Morgan fingerprint density at radius 3 is 2.54 bits per heavy atom. The number of aryl methyl sites for hydroxylation is 1. The molecule has 1 aliphatic carbocycles. The first-order chi connectivity index (χ1) is 11.3. The van der Waals surface area contributed by atoms with Gasteiger partial charge in [-0.15, -0.1) is 0 Å². The molecule has 1 amide bonds. The molecule has 3 rings (SSSR count). The molecule has 0 atom stereocenters. The number of hydrogen-bond donors (Lipinski definition) is 2. The fourth-order valence-corrected chi connectivity index (χ4v) is 2.59. The Kier molecular flexibility index (Phi) is 4.26. The molecule has 0 unspecified atom stereocenters. The van der Waals surface area contributed by atoms with E-state index in [0.717, 1.165) is 29.8 Å². The van der Waals surface area contributed by atoms with E-state index in [2.05, 4.69) is 41.4 Å². The van der Waals surface area contributed by atoms with Gasteiger partial charge in [0.25, 0.3) is 5.91 Å². The standard InChI is InChI=1S/C19H24N4O/c1-12-11-16(23-18(20-12)21-13-9-10-13)17(24)22-15-8-6-5-7-14(15)19(2,3)4/h5-8,11,13H,9-10H2,1-4H3,(H,22,24)(H,20,21,23). The number of nitrogens with one attached hydrogen (secondary N) is 2. The number of hydrogen-bond acceptors (Lipinski definition) is 4. The number of nitrogens with zero attached hydrogens (tertiary/aromatic N) is 2. The van der Waals surface area contributed by atoms with Gasteiger partial charge in [-0.3, -0.25) is 4.79 Å². The second kappa shape index (κ2) is 6.23. The van der Waals surface area contributed by atoms with Crippen LogP contribution >= 0.6 is 0 Å². The van der Waals surface area contributed by atoms with Gasteiger partial charge in [-0.25, -0.2) is 9.97 Å². The van der Waals surface area contributed by atoms with Crippen LogP contribution in [0.15, 0.2) is 30.3 Å². The molecule has 1 fully saturated rings. The molecule has 1 saturated carbocycles. The fourth-order valence-electron chi connectivity index (χ4n) is 2.59. The van der Waals surface area contributed by atoms with Crippen LogP contribution in [-0.4, -0.2) is 21.9 Å². The fraction of sp³-hybridized carbons (Fsp3) is 0.421. The third-order valence-corrected chi connectivity index (χ3v) is 3.98. The van der Waals surface area contributed by atoms with Gasteiger partial charge in [0.15, 0.2) is 0 Å². The van der Waals surface area contributed by atoms with Crippen molar-refractivity contribution in [1.29, 1.82) is 0 Å². The van der Waals surface area contributed by atoms with Gasteiger partial charge in [0.2, 0.25) is 5.95 Å². The summed E-state index contributed by atoms with van der Waals surface area (Å²) in [6, 6.07) is 10.0. The molecule has 24 heavy (non-hydrogen) atoms. The first-order valence-corrected chi connectivity index (χ1v) is 8.36. The van der Waals surface area contributed by atoms with Crippen LogP contribution in [0.4, 0.5) is 11.6 Å². The summed E-state index contributed by atoms with van der Waals surface area (Å²) in [5.41, 5.74) is 3.03. The molecule has 1 heterocycles. The summed E-state index contributed by atoms with van der Waals surface area (Å²) < 4.78 is 0. The second-order valence-electron chi connectivity index (χ2n) is 7.39. The van der Waals surface area contributed by atoms with Crippen molar-refractivity contribution in [3.8, 4) is 0 Å². The molecule has 0 bridgehead atoms. The molecule has 1 aromatic heterocycles. The molecular weight excluding hydrogens is 300 g/mol. The van der Waals surface area contributed by atoms with Crippen LogP contribution in [0.2, 0.25) is 0 Å². The van der Waals surface area contributed by atoms with Gasteiger partial charge >= 0.3 is 0 Å². The summed E-state index contributed by atoms with van der Waals surface area (Å²) in [6.07, 6.45) is 2.27. The highest BCUT2D eigenvalue weighted by Crippen LogP contribution is 2.29. The van der Waals surface area contributed by atoms with Gasteiger partial charge in [-0.1, -0.05) is 39.0 Å². The average Bonchev–Trinajstić information content (AvgIpc) is 3.30. The molecule has 0 spiro atoms. The molecule has 126 valence electrons. The number of rotatable bonds is 4. The van der Waals surface area contributed by atoms with Crippen molar-refractivity contribution in [2.24, 2.45) is 0 Å². The van der Waals surface area contributed by atoms with Crippen LogP contribution in [0.5, 0.6) is 0 Å². The van der Waals surface area contributed by atoms with Crippen LogP contribution in [0.3, 0.4) is 0 Å².